The number of hydrogen-bond donors (Lipinski definition) is 2. The Labute approximate surface area is 160 Å². The van der Waals surface area contributed by atoms with Crippen LogP contribution in [0.2, 0.25) is 0 Å². The summed E-state index contributed by atoms with van der Waals surface area (Å²) in [5.74, 6) is 1.03. The van der Waals surface area contributed by atoms with Gasteiger partial charge in [-0.25, -0.2) is 4.98 Å². The predicted octanol–water partition coefficient (Wildman–Crippen LogP) is 3.91. The van der Waals surface area contributed by atoms with Crippen molar-refractivity contribution in [3.8, 4) is 5.75 Å². The highest BCUT2D eigenvalue weighted by molar-refractivity contribution is 14.1. The molecule has 24 heavy (non-hydrogen) atoms. The lowest BCUT2D eigenvalue weighted by Crippen LogP contribution is -2.34. The first-order valence-electron chi connectivity index (χ1n) is 7.37. The molecule has 0 atom stereocenters. The number of amides is 1. The van der Waals surface area contributed by atoms with Gasteiger partial charge in [0.1, 0.15) is 11.6 Å². The van der Waals surface area contributed by atoms with Gasteiger partial charge in [-0.1, -0.05) is 0 Å². The molecule has 0 bridgehead atoms. The van der Waals surface area contributed by atoms with E-state index in [-0.39, 0.29) is 17.1 Å². The molecule has 0 saturated carbocycles. The Morgan fingerprint density at radius 1 is 1.21 bits per heavy atom. The highest BCUT2D eigenvalue weighted by Gasteiger charge is 2.09. The zero-order valence-electron chi connectivity index (χ0n) is 13.6. The average Bonchev–Trinajstić information content (AvgIpc) is 2.51. The number of nitrogens with one attached hydrogen (secondary N) is 2. The van der Waals surface area contributed by atoms with E-state index in [0.29, 0.717) is 11.4 Å². The number of ether oxygens (including phenoxy) is 1. The Morgan fingerprint density at radius 2 is 1.88 bits per heavy atom. The minimum absolute atomic E-state index is 0.0892. The number of nitrogens with zero attached hydrogens (tertiary/aromatic N) is 1. The van der Waals surface area contributed by atoms with E-state index in [9.17, 15) is 4.79 Å². The van der Waals surface area contributed by atoms with Crippen LogP contribution in [0.5, 0.6) is 5.75 Å². The van der Waals surface area contributed by atoms with Gasteiger partial charge in [0.15, 0.2) is 5.11 Å². The lowest BCUT2D eigenvalue weighted by atomic mass is 10.2. The third-order valence-corrected chi connectivity index (χ3v) is 4.32. The fourth-order valence-electron chi connectivity index (χ4n) is 1.89. The molecule has 7 heteroatoms. The number of anilines is 1. The number of aryl methyl sites for hydroxylation is 1. The Morgan fingerprint density at radius 3 is 2.46 bits per heavy atom. The summed E-state index contributed by atoms with van der Waals surface area (Å²) in [5.41, 5.74) is 1.40. The van der Waals surface area contributed by atoms with Crippen LogP contribution in [-0.2, 0) is 0 Å². The summed E-state index contributed by atoms with van der Waals surface area (Å²) in [7, 11) is 0. The van der Waals surface area contributed by atoms with Gasteiger partial charge < -0.3 is 10.1 Å². The lowest BCUT2D eigenvalue weighted by molar-refractivity contribution is 0.0977. The molecule has 1 amide bonds. The van der Waals surface area contributed by atoms with Crippen LogP contribution in [0.15, 0.2) is 36.4 Å². The van der Waals surface area contributed by atoms with E-state index in [1.54, 1.807) is 24.3 Å². The molecule has 0 aliphatic heterocycles. The number of halogens is 1. The summed E-state index contributed by atoms with van der Waals surface area (Å²) in [6, 6.07) is 10.7. The van der Waals surface area contributed by atoms with E-state index in [4.69, 9.17) is 17.0 Å². The van der Waals surface area contributed by atoms with Gasteiger partial charge in [-0.2, -0.15) is 0 Å². The van der Waals surface area contributed by atoms with Gasteiger partial charge in [0, 0.05) is 9.13 Å². The summed E-state index contributed by atoms with van der Waals surface area (Å²) in [6.45, 7) is 5.81. The van der Waals surface area contributed by atoms with Crippen molar-refractivity contribution in [3.05, 3.63) is 51.2 Å². The number of aromatic nitrogens is 1. The van der Waals surface area contributed by atoms with Gasteiger partial charge in [-0.15, -0.1) is 0 Å². The molecule has 0 radical (unpaired) electrons. The molecule has 0 fully saturated rings. The fraction of sp³-hybridized carbons (Fsp3) is 0.235. The minimum Gasteiger partial charge on any atom is -0.491 e. The Bertz CT molecular complexity index is 748. The van der Waals surface area contributed by atoms with Crippen LogP contribution in [0.3, 0.4) is 0 Å². The van der Waals surface area contributed by atoms with Crippen molar-refractivity contribution in [2.24, 2.45) is 0 Å². The summed E-state index contributed by atoms with van der Waals surface area (Å²) in [5, 5.41) is 5.75. The third kappa shape index (κ3) is 5.41. The second-order valence-corrected chi connectivity index (χ2v) is 6.93. The van der Waals surface area contributed by atoms with Crippen LogP contribution in [0.1, 0.15) is 29.9 Å². The van der Waals surface area contributed by atoms with Crippen molar-refractivity contribution >= 4 is 51.6 Å². The molecule has 0 aliphatic carbocycles. The fourth-order valence-corrected chi connectivity index (χ4v) is 2.39. The Kier molecular flexibility index (Phi) is 6.50. The molecule has 0 spiro atoms. The molecule has 2 N–H and O–H groups in total. The molecule has 0 saturated heterocycles. The molecule has 0 unspecified atom stereocenters. The number of benzene rings is 1. The molecule has 5 nitrogen and oxygen atoms in total. The summed E-state index contributed by atoms with van der Waals surface area (Å²) in [6.07, 6.45) is 0.0892. The number of carbonyl (C=O) groups is 1. The van der Waals surface area contributed by atoms with Crippen molar-refractivity contribution in [2.75, 3.05) is 5.32 Å². The van der Waals surface area contributed by atoms with E-state index in [1.807, 2.05) is 32.9 Å². The number of hydrogen-bond acceptors (Lipinski definition) is 4. The Balaban J connectivity index is 1.95. The zero-order chi connectivity index (χ0) is 17.7. The minimum atomic E-state index is -0.286. The molecule has 1 aromatic heterocycles. The van der Waals surface area contributed by atoms with Crippen molar-refractivity contribution in [1.29, 1.82) is 0 Å². The number of pyridine rings is 1. The van der Waals surface area contributed by atoms with Gasteiger partial charge in [0.2, 0.25) is 0 Å². The van der Waals surface area contributed by atoms with Crippen molar-refractivity contribution in [2.45, 2.75) is 26.9 Å². The van der Waals surface area contributed by atoms with Gasteiger partial charge in [-0.3, -0.25) is 10.1 Å². The molecule has 1 aromatic carbocycles. The average molecular weight is 455 g/mol. The molecule has 0 aliphatic rings. The highest BCUT2D eigenvalue weighted by atomic mass is 127. The van der Waals surface area contributed by atoms with E-state index in [1.165, 1.54) is 0 Å². The maximum absolute atomic E-state index is 12.2. The first kappa shape index (κ1) is 18.6. The van der Waals surface area contributed by atoms with Crippen molar-refractivity contribution in [3.63, 3.8) is 0 Å². The molecule has 2 rings (SSSR count). The van der Waals surface area contributed by atoms with E-state index in [2.05, 4.69) is 38.2 Å². The maximum atomic E-state index is 12.2. The van der Waals surface area contributed by atoms with Gasteiger partial charge >= 0.3 is 0 Å². The van der Waals surface area contributed by atoms with Crippen molar-refractivity contribution < 1.29 is 9.53 Å². The number of thiocarbonyl (C=S) groups is 1. The first-order valence-corrected chi connectivity index (χ1v) is 8.86. The quantitative estimate of drug-likeness (QED) is 0.541. The monoisotopic (exact) mass is 455 g/mol. The largest absolute Gasteiger partial charge is 0.491 e. The highest BCUT2D eigenvalue weighted by Crippen LogP contribution is 2.14. The molecular formula is C17H18IN3O2S. The van der Waals surface area contributed by atoms with Crippen molar-refractivity contribution in [1.82, 2.24) is 10.3 Å². The predicted molar refractivity (Wildman–Crippen MR) is 108 cm³/mol. The van der Waals surface area contributed by atoms with Crippen LogP contribution in [0.25, 0.3) is 0 Å². The maximum Gasteiger partial charge on any atom is 0.257 e. The van der Waals surface area contributed by atoms with E-state index in [0.717, 1.165) is 15.0 Å². The Hall–Kier alpha value is -1.74. The van der Waals surface area contributed by atoms with E-state index < -0.39 is 0 Å². The topological polar surface area (TPSA) is 63.2 Å². The summed E-state index contributed by atoms with van der Waals surface area (Å²) < 4.78 is 6.62. The summed E-state index contributed by atoms with van der Waals surface area (Å²) in [4.78, 5) is 16.6. The smallest absolute Gasteiger partial charge is 0.257 e. The van der Waals surface area contributed by atoms with Crippen LogP contribution >= 0.6 is 34.8 Å². The second kappa shape index (κ2) is 8.39. The molecule has 1 heterocycles. The first-order chi connectivity index (χ1) is 11.3. The third-order valence-electron chi connectivity index (χ3n) is 2.98. The van der Waals surface area contributed by atoms with Crippen LogP contribution in [0.4, 0.5) is 5.82 Å². The SMILES string of the molecule is Cc1nc(NC(=S)NC(=O)c2ccc(OC(C)C)cc2)ccc1I. The molecule has 126 valence electrons. The number of rotatable bonds is 4. The van der Waals surface area contributed by atoms with E-state index >= 15 is 0 Å². The zero-order valence-corrected chi connectivity index (χ0v) is 16.6. The van der Waals surface area contributed by atoms with Gasteiger partial charge in [-0.05, 0) is 92.0 Å². The standard InChI is InChI=1S/C17H18IN3O2S/c1-10(2)23-13-6-4-12(5-7-13)16(22)21-17(24)20-15-9-8-14(18)11(3)19-15/h4-10H,1-3H3,(H2,19,20,21,22,24). The van der Waals surface area contributed by atoms with Crippen LogP contribution in [-0.4, -0.2) is 22.1 Å². The lowest BCUT2D eigenvalue weighted by Gasteiger charge is -2.11. The second-order valence-electron chi connectivity index (χ2n) is 5.36. The molecule has 2 aromatic rings. The molecular weight excluding hydrogens is 437 g/mol. The normalized spacial score (nSPS) is 10.4. The van der Waals surface area contributed by atoms with Crippen LogP contribution < -0.4 is 15.4 Å². The van der Waals surface area contributed by atoms with Gasteiger partial charge in [0.05, 0.1) is 11.8 Å². The van der Waals surface area contributed by atoms with Crippen LogP contribution in [0, 0.1) is 10.5 Å². The van der Waals surface area contributed by atoms with Gasteiger partial charge in [0.25, 0.3) is 5.91 Å². The number of carbonyl (C=O) groups excluding carboxylic acids is 1. The summed E-state index contributed by atoms with van der Waals surface area (Å²) >= 11 is 7.37.